The van der Waals surface area contributed by atoms with Gasteiger partial charge in [-0.25, -0.2) is 9.78 Å². The zero-order valence-corrected chi connectivity index (χ0v) is 16.6. The van der Waals surface area contributed by atoms with Gasteiger partial charge in [0.1, 0.15) is 12.4 Å². The van der Waals surface area contributed by atoms with Crippen LogP contribution in [0.25, 0.3) is 11.4 Å². The highest BCUT2D eigenvalue weighted by atomic mass is 35.5. The fourth-order valence-corrected chi connectivity index (χ4v) is 3.90. The molecule has 1 N–H and O–H groups in total. The van der Waals surface area contributed by atoms with E-state index in [0.717, 1.165) is 30.2 Å². The Morgan fingerprint density at radius 2 is 2.07 bits per heavy atom. The van der Waals surface area contributed by atoms with E-state index in [1.54, 1.807) is 18.2 Å². The van der Waals surface area contributed by atoms with Crippen molar-refractivity contribution < 1.29 is 13.7 Å². The summed E-state index contributed by atoms with van der Waals surface area (Å²) in [5, 5.41) is 4.04. The number of aromatic amines is 1. The summed E-state index contributed by atoms with van der Waals surface area (Å²) in [4.78, 5) is 18.2. The van der Waals surface area contributed by atoms with Crippen LogP contribution in [0.3, 0.4) is 0 Å². The lowest BCUT2D eigenvalue weighted by Crippen LogP contribution is -2.25. The predicted octanol–water partition coefficient (Wildman–Crippen LogP) is 4.78. The Morgan fingerprint density at radius 1 is 1.29 bits per heavy atom. The Balaban J connectivity index is 1.47. The number of aromatic nitrogens is 3. The molecule has 1 aromatic carbocycles. The molecule has 4 rings (SSSR count). The first-order chi connectivity index (χ1) is 13.4. The van der Waals surface area contributed by atoms with Gasteiger partial charge in [-0.2, -0.15) is 0 Å². The van der Waals surface area contributed by atoms with E-state index < -0.39 is 5.76 Å². The molecule has 28 heavy (non-hydrogen) atoms. The van der Waals surface area contributed by atoms with Crippen molar-refractivity contribution in [3.63, 3.8) is 0 Å². The Labute approximate surface area is 167 Å². The number of H-pyrrole nitrogens is 1. The molecule has 0 radical (unpaired) electrons. The molecular formula is C20H22ClN3O4. The van der Waals surface area contributed by atoms with Gasteiger partial charge in [-0.1, -0.05) is 42.9 Å². The molecule has 0 atom stereocenters. The lowest BCUT2D eigenvalue weighted by Gasteiger charge is -2.30. The van der Waals surface area contributed by atoms with Crippen molar-refractivity contribution in [1.29, 1.82) is 0 Å². The summed E-state index contributed by atoms with van der Waals surface area (Å²) in [5.74, 6) is 1.77. The standard InChI is InChI=1S/C20H22ClN3O4/c1-12-16(27-18(22-12)20(2)8-4-3-5-9-20)11-26-13-6-7-14(15(21)10-13)17-23-19(25)28-24-17/h6-7,10H,3-5,8-9,11H2,1-2H3,(H,23,24,25). The first kappa shape index (κ1) is 18.8. The van der Waals surface area contributed by atoms with Gasteiger partial charge in [-0.3, -0.25) is 9.51 Å². The van der Waals surface area contributed by atoms with E-state index >= 15 is 0 Å². The van der Waals surface area contributed by atoms with Crippen molar-refractivity contribution in [2.45, 2.75) is 58.0 Å². The van der Waals surface area contributed by atoms with Gasteiger partial charge in [0.05, 0.1) is 10.7 Å². The van der Waals surface area contributed by atoms with Crippen molar-refractivity contribution >= 4 is 11.6 Å². The monoisotopic (exact) mass is 403 g/mol. The molecule has 0 aliphatic heterocycles. The minimum atomic E-state index is -0.630. The molecule has 0 bridgehead atoms. The number of aryl methyl sites for hydroxylation is 1. The normalized spacial score (nSPS) is 16.2. The lowest BCUT2D eigenvalue weighted by molar-refractivity contribution is 0.225. The summed E-state index contributed by atoms with van der Waals surface area (Å²) in [6.07, 6.45) is 5.92. The molecule has 7 nitrogen and oxygen atoms in total. The smallest absolute Gasteiger partial charge is 0.439 e. The molecule has 0 unspecified atom stereocenters. The third-order valence-corrected chi connectivity index (χ3v) is 5.68. The van der Waals surface area contributed by atoms with E-state index in [1.807, 2.05) is 6.92 Å². The first-order valence-electron chi connectivity index (χ1n) is 9.40. The van der Waals surface area contributed by atoms with Gasteiger partial charge in [0.15, 0.2) is 11.6 Å². The van der Waals surface area contributed by atoms with E-state index in [2.05, 4.69) is 26.6 Å². The Bertz CT molecular complexity index is 1030. The number of nitrogens with zero attached hydrogens (tertiary/aromatic N) is 2. The fourth-order valence-electron chi connectivity index (χ4n) is 3.64. The number of hydrogen-bond donors (Lipinski definition) is 1. The Hall–Kier alpha value is -2.54. The van der Waals surface area contributed by atoms with Crippen molar-refractivity contribution in [3.05, 3.63) is 51.1 Å². The topological polar surface area (TPSA) is 94.2 Å². The minimum absolute atomic E-state index is 0.0146. The van der Waals surface area contributed by atoms with Crippen LogP contribution in [0, 0.1) is 6.92 Å². The number of benzene rings is 1. The summed E-state index contributed by atoms with van der Waals surface area (Å²) >= 11 is 6.29. The zero-order valence-electron chi connectivity index (χ0n) is 15.9. The summed E-state index contributed by atoms with van der Waals surface area (Å²) in [6, 6.07) is 5.13. The molecule has 1 aliphatic rings. The number of nitrogens with one attached hydrogen (secondary N) is 1. The van der Waals surface area contributed by atoms with Crippen molar-refractivity contribution in [1.82, 2.24) is 15.1 Å². The van der Waals surface area contributed by atoms with Crippen molar-refractivity contribution in [2.24, 2.45) is 0 Å². The van der Waals surface area contributed by atoms with Gasteiger partial charge in [0.2, 0.25) is 5.89 Å². The van der Waals surface area contributed by atoms with E-state index in [1.165, 1.54) is 19.3 Å². The van der Waals surface area contributed by atoms with Crippen LogP contribution in [-0.4, -0.2) is 15.1 Å². The molecule has 1 fully saturated rings. The van der Waals surface area contributed by atoms with Gasteiger partial charge in [-0.15, -0.1) is 0 Å². The maximum Gasteiger partial charge on any atom is 0.439 e. The predicted molar refractivity (Wildman–Crippen MR) is 104 cm³/mol. The summed E-state index contributed by atoms with van der Waals surface area (Å²) < 4.78 is 16.4. The zero-order chi connectivity index (χ0) is 19.7. The van der Waals surface area contributed by atoms with Crippen molar-refractivity contribution in [2.75, 3.05) is 0 Å². The number of ether oxygens (including phenoxy) is 1. The highest BCUT2D eigenvalue weighted by Gasteiger charge is 2.34. The first-order valence-corrected chi connectivity index (χ1v) is 9.78. The van der Waals surface area contributed by atoms with Crippen LogP contribution in [0.15, 0.2) is 31.9 Å². The van der Waals surface area contributed by atoms with E-state index in [4.69, 9.17) is 20.8 Å². The minimum Gasteiger partial charge on any atom is -0.486 e. The van der Waals surface area contributed by atoms with Crippen LogP contribution in [0.1, 0.15) is 56.4 Å². The number of hydrogen-bond acceptors (Lipinski definition) is 6. The molecular weight excluding hydrogens is 382 g/mol. The molecule has 8 heteroatoms. The molecule has 1 saturated carbocycles. The molecule has 2 heterocycles. The largest absolute Gasteiger partial charge is 0.486 e. The van der Waals surface area contributed by atoms with Gasteiger partial charge < -0.3 is 9.15 Å². The summed E-state index contributed by atoms with van der Waals surface area (Å²) in [5.41, 5.74) is 1.42. The molecule has 148 valence electrons. The Kier molecular flexibility index (Phi) is 5.02. The maximum absolute atomic E-state index is 11.1. The van der Waals surface area contributed by atoms with Crippen LogP contribution in [0.2, 0.25) is 5.02 Å². The summed E-state index contributed by atoms with van der Waals surface area (Å²) in [6.45, 7) is 4.44. The molecule has 0 saturated heterocycles. The average Bonchev–Trinajstić information content (AvgIpc) is 3.27. The highest BCUT2D eigenvalue weighted by Crippen LogP contribution is 2.39. The number of rotatable bonds is 5. The lowest BCUT2D eigenvalue weighted by atomic mass is 9.76. The molecule has 2 aromatic heterocycles. The quantitative estimate of drug-likeness (QED) is 0.658. The average molecular weight is 404 g/mol. The number of oxazole rings is 1. The van der Waals surface area contributed by atoms with Gasteiger partial charge in [0.25, 0.3) is 0 Å². The van der Waals surface area contributed by atoms with E-state index in [9.17, 15) is 4.79 Å². The molecule has 3 aromatic rings. The second kappa shape index (κ2) is 7.47. The van der Waals surface area contributed by atoms with Crippen LogP contribution in [-0.2, 0) is 12.0 Å². The van der Waals surface area contributed by atoms with E-state index in [0.29, 0.717) is 16.3 Å². The fraction of sp³-hybridized carbons (Fsp3) is 0.450. The molecule has 0 amide bonds. The molecule has 0 spiro atoms. The Morgan fingerprint density at radius 3 is 2.75 bits per heavy atom. The van der Waals surface area contributed by atoms with Gasteiger partial charge in [-0.05, 0) is 38.0 Å². The number of halogens is 1. The third kappa shape index (κ3) is 3.71. The van der Waals surface area contributed by atoms with Crippen LogP contribution in [0.5, 0.6) is 5.75 Å². The van der Waals surface area contributed by atoms with Crippen LogP contribution >= 0.6 is 11.6 Å². The second-order valence-electron chi connectivity index (χ2n) is 7.52. The SMILES string of the molecule is Cc1nc(C2(C)CCCCC2)oc1COc1ccc(-c2noc(=O)[nH]2)c(Cl)c1. The highest BCUT2D eigenvalue weighted by molar-refractivity contribution is 6.33. The van der Waals surface area contributed by atoms with Gasteiger partial charge >= 0.3 is 5.76 Å². The summed E-state index contributed by atoms with van der Waals surface area (Å²) in [7, 11) is 0. The van der Waals surface area contributed by atoms with Crippen molar-refractivity contribution in [3.8, 4) is 17.1 Å². The third-order valence-electron chi connectivity index (χ3n) is 5.37. The van der Waals surface area contributed by atoms with Crippen LogP contribution < -0.4 is 10.5 Å². The second-order valence-corrected chi connectivity index (χ2v) is 7.93. The van der Waals surface area contributed by atoms with Gasteiger partial charge in [0, 0.05) is 11.0 Å². The van der Waals surface area contributed by atoms with E-state index in [-0.39, 0.29) is 17.8 Å². The molecule has 1 aliphatic carbocycles. The van der Waals surface area contributed by atoms with Crippen LogP contribution in [0.4, 0.5) is 0 Å². The maximum atomic E-state index is 11.1.